The molecule has 2 aromatic rings. The van der Waals surface area contributed by atoms with Gasteiger partial charge in [-0.15, -0.1) is 0 Å². The van der Waals surface area contributed by atoms with Gasteiger partial charge >= 0.3 is 0 Å². The van der Waals surface area contributed by atoms with E-state index in [1.807, 2.05) is 30.3 Å². The zero-order chi connectivity index (χ0) is 15.2. The van der Waals surface area contributed by atoms with Crippen LogP contribution in [0.1, 0.15) is 37.1 Å². The van der Waals surface area contributed by atoms with Crippen molar-refractivity contribution in [1.82, 2.24) is 5.32 Å². The number of hydrogen-bond donors (Lipinski definition) is 1. The van der Waals surface area contributed by atoms with Crippen LogP contribution in [0, 0.1) is 0 Å². The summed E-state index contributed by atoms with van der Waals surface area (Å²) >= 11 is 0. The van der Waals surface area contributed by atoms with Crippen LogP contribution in [0.3, 0.4) is 0 Å². The SMILES string of the molecule is COc1cccc([C@H](C)NC(C)c2ccccc2OC)c1. The van der Waals surface area contributed by atoms with Crippen molar-refractivity contribution in [1.29, 1.82) is 0 Å². The molecule has 3 heteroatoms. The molecule has 0 radical (unpaired) electrons. The van der Waals surface area contributed by atoms with E-state index in [9.17, 15) is 0 Å². The predicted molar refractivity (Wildman–Crippen MR) is 86.0 cm³/mol. The quantitative estimate of drug-likeness (QED) is 0.866. The van der Waals surface area contributed by atoms with E-state index < -0.39 is 0 Å². The summed E-state index contributed by atoms with van der Waals surface area (Å²) in [5, 5.41) is 3.60. The lowest BCUT2D eigenvalue weighted by atomic mass is 10.0. The Bertz CT molecular complexity index is 583. The molecule has 1 N–H and O–H groups in total. The summed E-state index contributed by atoms with van der Waals surface area (Å²) in [6.45, 7) is 4.30. The Balaban J connectivity index is 2.12. The molecule has 0 aromatic heterocycles. The van der Waals surface area contributed by atoms with Crippen molar-refractivity contribution in [3.8, 4) is 11.5 Å². The van der Waals surface area contributed by atoms with Gasteiger partial charge in [-0.25, -0.2) is 0 Å². The van der Waals surface area contributed by atoms with Gasteiger partial charge in [0.05, 0.1) is 14.2 Å². The zero-order valence-corrected chi connectivity index (χ0v) is 13.1. The smallest absolute Gasteiger partial charge is 0.123 e. The number of rotatable bonds is 6. The molecule has 0 aliphatic heterocycles. The molecule has 0 heterocycles. The molecular formula is C18H23NO2. The molecular weight excluding hydrogens is 262 g/mol. The molecule has 0 saturated heterocycles. The van der Waals surface area contributed by atoms with Crippen LogP contribution < -0.4 is 14.8 Å². The molecule has 0 saturated carbocycles. The molecule has 0 amide bonds. The molecule has 3 nitrogen and oxygen atoms in total. The molecule has 2 rings (SSSR count). The van der Waals surface area contributed by atoms with E-state index >= 15 is 0 Å². The van der Waals surface area contributed by atoms with Crippen LogP contribution in [0.15, 0.2) is 48.5 Å². The molecule has 112 valence electrons. The summed E-state index contributed by atoms with van der Waals surface area (Å²) < 4.78 is 10.7. The Kier molecular flexibility index (Phi) is 5.23. The van der Waals surface area contributed by atoms with E-state index in [4.69, 9.17) is 9.47 Å². The third kappa shape index (κ3) is 3.76. The Labute approximate surface area is 126 Å². The van der Waals surface area contributed by atoms with Crippen LogP contribution in [0.2, 0.25) is 0 Å². The van der Waals surface area contributed by atoms with Crippen molar-refractivity contribution in [2.24, 2.45) is 0 Å². The van der Waals surface area contributed by atoms with E-state index in [-0.39, 0.29) is 12.1 Å². The second kappa shape index (κ2) is 7.14. The standard InChI is InChI=1S/C18H23NO2/c1-13(15-8-7-9-16(12-15)20-3)19-14(2)17-10-5-6-11-18(17)21-4/h5-14,19H,1-4H3/t13-,14?/m0/s1. The molecule has 0 bridgehead atoms. The van der Waals surface area contributed by atoms with E-state index in [1.165, 1.54) is 5.56 Å². The molecule has 21 heavy (non-hydrogen) atoms. The van der Waals surface area contributed by atoms with E-state index in [0.717, 1.165) is 17.1 Å². The van der Waals surface area contributed by atoms with Gasteiger partial charge in [0.25, 0.3) is 0 Å². The summed E-state index contributed by atoms with van der Waals surface area (Å²) in [4.78, 5) is 0. The van der Waals surface area contributed by atoms with Gasteiger partial charge < -0.3 is 14.8 Å². The summed E-state index contributed by atoms with van der Waals surface area (Å²) in [6.07, 6.45) is 0. The average molecular weight is 285 g/mol. The first-order valence-corrected chi connectivity index (χ1v) is 7.18. The fourth-order valence-corrected chi connectivity index (χ4v) is 2.50. The average Bonchev–Trinajstić information content (AvgIpc) is 2.54. The van der Waals surface area contributed by atoms with Gasteiger partial charge in [0.2, 0.25) is 0 Å². The van der Waals surface area contributed by atoms with Crippen molar-refractivity contribution in [2.75, 3.05) is 14.2 Å². The second-order valence-corrected chi connectivity index (χ2v) is 5.13. The number of ether oxygens (including phenoxy) is 2. The first-order valence-electron chi connectivity index (χ1n) is 7.18. The van der Waals surface area contributed by atoms with Crippen LogP contribution in [0.5, 0.6) is 11.5 Å². The summed E-state index contributed by atoms with van der Waals surface area (Å²) in [6, 6.07) is 16.7. The van der Waals surface area contributed by atoms with Gasteiger partial charge in [-0.1, -0.05) is 30.3 Å². The molecule has 0 fully saturated rings. The third-order valence-corrected chi connectivity index (χ3v) is 3.70. The maximum atomic E-state index is 5.43. The van der Waals surface area contributed by atoms with E-state index in [1.54, 1.807) is 14.2 Å². The highest BCUT2D eigenvalue weighted by molar-refractivity contribution is 5.36. The van der Waals surface area contributed by atoms with Crippen LogP contribution in [-0.2, 0) is 0 Å². The van der Waals surface area contributed by atoms with Crippen LogP contribution in [0.4, 0.5) is 0 Å². The lowest BCUT2D eigenvalue weighted by Crippen LogP contribution is -2.22. The minimum Gasteiger partial charge on any atom is -0.497 e. The molecule has 1 unspecified atom stereocenters. The number of nitrogens with one attached hydrogen (secondary N) is 1. The molecule has 0 aliphatic carbocycles. The Morgan fingerprint density at radius 1 is 0.857 bits per heavy atom. The number of hydrogen-bond acceptors (Lipinski definition) is 3. The Morgan fingerprint density at radius 3 is 2.33 bits per heavy atom. The topological polar surface area (TPSA) is 30.5 Å². The first kappa shape index (κ1) is 15.4. The fraction of sp³-hybridized carbons (Fsp3) is 0.333. The molecule has 0 aliphatic rings. The highest BCUT2D eigenvalue weighted by Crippen LogP contribution is 2.27. The van der Waals surface area contributed by atoms with Gasteiger partial charge in [0.1, 0.15) is 11.5 Å². The van der Waals surface area contributed by atoms with Gasteiger partial charge in [-0.3, -0.25) is 0 Å². The number of benzene rings is 2. The van der Waals surface area contributed by atoms with E-state index in [2.05, 4.69) is 37.4 Å². The highest BCUT2D eigenvalue weighted by Gasteiger charge is 2.14. The molecule has 0 spiro atoms. The third-order valence-electron chi connectivity index (χ3n) is 3.70. The van der Waals surface area contributed by atoms with Crippen molar-refractivity contribution < 1.29 is 9.47 Å². The molecule has 2 aromatic carbocycles. The summed E-state index contributed by atoms with van der Waals surface area (Å²) in [7, 11) is 3.39. The zero-order valence-electron chi connectivity index (χ0n) is 13.1. The van der Waals surface area contributed by atoms with Crippen LogP contribution in [-0.4, -0.2) is 14.2 Å². The van der Waals surface area contributed by atoms with Crippen molar-refractivity contribution in [3.05, 3.63) is 59.7 Å². The van der Waals surface area contributed by atoms with Crippen molar-refractivity contribution in [3.63, 3.8) is 0 Å². The lowest BCUT2D eigenvalue weighted by molar-refractivity contribution is 0.395. The number of methoxy groups -OCH3 is 2. The summed E-state index contributed by atoms with van der Waals surface area (Å²) in [5.74, 6) is 1.79. The Morgan fingerprint density at radius 2 is 1.62 bits per heavy atom. The molecule has 2 atom stereocenters. The Hall–Kier alpha value is -2.00. The summed E-state index contributed by atoms with van der Waals surface area (Å²) in [5.41, 5.74) is 2.37. The fourth-order valence-electron chi connectivity index (χ4n) is 2.50. The van der Waals surface area contributed by atoms with Gasteiger partial charge in [0, 0.05) is 17.6 Å². The van der Waals surface area contributed by atoms with Gasteiger partial charge in [0.15, 0.2) is 0 Å². The van der Waals surface area contributed by atoms with Gasteiger partial charge in [-0.05, 0) is 37.6 Å². The van der Waals surface area contributed by atoms with Crippen molar-refractivity contribution in [2.45, 2.75) is 25.9 Å². The van der Waals surface area contributed by atoms with Crippen molar-refractivity contribution >= 4 is 0 Å². The minimum absolute atomic E-state index is 0.197. The first-order chi connectivity index (χ1) is 10.2. The maximum Gasteiger partial charge on any atom is 0.123 e. The van der Waals surface area contributed by atoms with Gasteiger partial charge in [-0.2, -0.15) is 0 Å². The van der Waals surface area contributed by atoms with Crippen LogP contribution in [0.25, 0.3) is 0 Å². The predicted octanol–water partition coefficient (Wildman–Crippen LogP) is 4.12. The lowest BCUT2D eigenvalue weighted by Gasteiger charge is -2.22. The maximum absolute atomic E-state index is 5.43. The van der Waals surface area contributed by atoms with Crippen LogP contribution >= 0.6 is 0 Å². The van der Waals surface area contributed by atoms with E-state index in [0.29, 0.717) is 0 Å². The number of para-hydroxylation sites is 1. The normalized spacial score (nSPS) is 13.5. The second-order valence-electron chi connectivity index (χ2n) is 5.13. The minimum atomic E-state index is 0.197. The largest absolute Gasteiger partial charge is 0.497 e. The highest BCUT2D eigenvalue weighted by atomic mass is 16.5. The monoisotopic (exact) mass is 285 g/mol.